The summed E-state index contributed by atoms with van der Waals surface area (Å²) in [5.74, 6) is 1.17. The Morgan fingerprint density at radius 1 is 1.22 bits per heavy atom. The second-order valence-electron chi connectivity index (χ2n) is 6.04. The quantitative estimate of drug-likeness (QED) is 0.217. The van der Waals surface area contributed by atoms with Gasteiger partial charge in [-0.3, -0.25) is 15.3 Å². The van der Waals surface area contributed by atoms with Gasteiger partial charge < -0.3 is 10.1 Å². The third kappa shape index (κ3) is 7.97. The molecule has 0 aliphatic carbocycles. The molecule has 0 radical (unpaired) electrons. The van der Waals surface area contributed by atoms with E-state index in [4.69, 9.17) is 21.6 Å². The maximum Gasteiger partial charge on any atom is 0.209 e. The topological polar surface area (TPSA) is 82.3 Å². The van der Waals surface area contributed by atoms with E-state index < -0.39 is 0 Å². The number of halogens is 1. The number of aliphatic imine (C=N–C) groups is 1. The van der Waals surface area contributed by atoms with E-state index in [2.05, 4.69) is 27.5 Å². The van der Waals surface area contributed by atoms with E-state index in [1.54, 1.807) is 12.4 Å². The van der Waals surface area contributed by atoms with Gasteiger partial charge in [0.05, 0.1) is 11.1 Å². The van der Waals surface area contributed by atoms with Crippen molar-refractivity contribution in [1.29, 1.82) is 5.26 Å². The number of pyridine rings is 1. The van der Waals surface area contributed by atoms with Crippen molar-refractivity contribution in [2.45, 2.75) is 38.7 Å². The normalized spacial score (nSPS) is 12.1. The summed E-state index contributed by atoms with van der Waals surface area (Å²) in [5, 5.41) is 15.1. The van der Waals surface area contributed by atoms with Gasteiger partial charge in [0, 0.05) is 24.6 Å². The molecule has 7 heteroatoms. The third-order valence-electron chi connectivity index (χ3n) is 3.82. The Kier molecular flexibility index (Phi) is 8.94. The van der Waals surface area contributed by atoms with E-state index in [0.717, 1.165) is 37.1 Å². The second kappa shape index (κ2) is 11.8. The summed E-state index contributed by atoms with van der Waals surface area (Å²) >= 11 is 6.11. The molecule has 0 aliphatic rings. The van der Waals surface area contributed by atoms with Gasteiger partial charge in [0.2, 0.25) is 5.96 Å². The average Bonchev–Trinajstić information content (AvgIpc) is 2.67. The molecule has 6 nitrogen and oxygen atoms in total. The van der Waals surface area contributed by atoms with Crippen LogP contribution in [0.4, 0.5) is 5.69 Å². The van der Waals surface area contributed by atoms with Gasteiger partial charge in [-0.05, 0) is 50.5 Å². The van der Waals surface area contributed by atoms with Crippen LogP contribution in [0.2, 0.25) is 5.02 Å². The fourth-order valence-electron chi connectivity index (χ4n) is 2.46. The van der Waals surface area contributed by atoms with Crippen molar-refractivity contribution >= 4 is 23.2 Å². The number of nitrogens with zero attached hydrogens (tertiary/aromatic N) is 3. The highest BCUT2D eigenvalue weighted by atomic mass is 35.5. The van der Waals surface area contributed by atoms with Crippen molar-refractivity contribution in [3.05, 3.63) is 53.8 Å². The summed E-state index contributed by atoms with van der Waals surface area (Å²) in [4.78, 5) is 8.36. The zero-order chi connectivity index (χ0) is 19.3. The molecule has 1 unspecified atom stereocenters. The summed E-state index contributed by atoms with van der Waals surface area (Å²) in [6.45, 7) is 2.69. The van der Waals surface area contributed by atoms with Crippen LogP contribution in [0.5, 0.6) is 5.75 Å². The van der Waals surface area contributed by atoms with Crippen LogP contribution in [0.15, 0.2) is 53.8 Å². The molecule has 0 bridgehead atoms. The Morgan fingerprint density at radius 2 is 2.00 bits per heavy atom. The van der Waals surface area contributed by atoms with Gasteiger partial charge in [-0.25, -0.2) is 0 Å². The maximum absolute atomic E-state index is 8.84. The average molecular weight is 386 g/mol. The minimum atomic E-state index is 0.109. The first kappa shape index (κ1) is 20.5. The molecule has 0 saturated heterocycles. The minimum Gasteiger partial charge on any atom is -0.489 e. The van der Waals surface area contributed by atoms with Crippen molar-refractivity contribution in [2.75, 3.05) is 11.9 Å². The molecule has 1 heterocycles. The lowest BCUT2D eigenvalue weighted by Crippen LogP contribution is -2.27. The lowest BCUT2D eigenvalue weighted by molar-refractivity contribution is 0.206. The van der Waals surface area contributed by atoms with Crippen molar-refractivity contribution in [1.82, 2.24) is 10.3 Å². The van der Waals surface area contributed by atoms with Crippen LogP contribution in [0, 0.1) is 11.5 Å². The minimum absolute atomic E-state index is 0.109. The zero-order valence-electron chi connectivity index (χ0n) is 15.4. The summed E-state index contributed by atoms with van der Waals surface area (Å²) in [7, 11) is 0. The zero-order valence-corrected chi connectivity index (χ0v) is 16.1. The van der Waals surface area contributed by atoms with Crippen LogP contribution in [0.1, 0.15) is 32.6 Å². The summed E-state index contributed by atoms with van der Waals surface area (Å²) in [6.07, 6.45) is 9.33. The molecule has 2 aromatic rings. The number of anilines is 1. The number of unbranched alkanes of at least 4 members (excludes halogenated alkanes) is 2. The standard InChI is InChI=1S/C20H24ClN5O/c1-16(27-19-9-5-4-8-18(19)21)7-3-2-6-12-24-20(25-15-22)26-17-10-13-23-14-11-17/h4-5,8-11,13-14,16H,2-3,6-7,12H2,1H3,(H2,23,24,25,26). The molecule has 2 rings (SSSR count). The van der Waals surface area contributed by atoms with Gasteiger partial charge in [0.25, 0.3) is 0 Å². The molecule has 1 atom stereocenters. The largest absolute Gasteiger partial charge is 0.489 e. The van der Waals surface area contributed by atoms with E-state index in [9.17, 15) is 0 Å². The molecule has 0 fully saturated rings. The van der Waals surface area contributed by atoms with Gasteiger partial charge in [-0.1, -0.05) is 30.2 Å². The number of nitriles is 1. The monoisotopic (exact) mass is 385 g/mol. The molecule has 1 aromatic carbocycles. The van der Waals surface area contributed by atoms with Gasteiger partial charge in [0.15, 0.2) is 6.19 Å². The first-order valence-corrected chi connectivity index (χ1v) is 9.34. The van der Waals surface area contributed by atoms with Crippen molar-refractivity contribution < 1.29 is 4.74 Å². The van der Waals surface area contributed by atoms with Crippen LogP contribution < -0.4 is 15.4 Å². The third-order valence-corrected chi connectivity index (χ3v) is 4.13. The lowest BCUT2D eigenvalue weighted by Gasteiger charge is -2.15. The fraction of sp³-hybridized carbons (Fsp3) is 0.350. The predicted molar refractivity (Wildman–Crippen MR) is 109 cm³/mol. The molecule has 0 amide bonds. The Balaban J connectivity index is 1.66. The molecular weight excluding hydrogens is 362 g/mol. The number of guanidine groups is 1. The van der Waals surface area contributed by atoms with Gasteiger partial charge in [-0.2, -0.15) is 5.26 Å². The SMILES string of the molecule is CC(CCCCCN=C(NC#N)Nc1ccncc1)Oc1ccccc1Cl. The number of para-hydroxylation sites is 1. The molecule has 2 N–H and O–H groups in total. The summed E-state index contributed by atoms with van der Waals surface area (Å²) < 4.78 is 5.87. The highest BCUT2D eigenvalue weighted by Gasteiger charge is 2.06. The van der Waals surface area contributed by atoms with Crippen LogP contribution in [-0.2, 0) is 0 Å². The van der Waals surface area contributed by atoms with Crippen molar-refractivity contribution in [3.8, 4) is 11.9 Å². The Labute approximate surface area is 165 Å². The molecular formula is C20H24ClN5O. The maximum atomic E-state index is 8.84. The molecule has 1 aromatic heterocycles. The summed E-state index contributed by atoms with van der Waals surface area (Å²) in [5.41, 5.74) is 0.831. The van der Waals surface area contributed by atoms with Gasteiger partial charge in [-0.15, -0.1) is 0 Å². The molecule has 0 saturated carbocycles. The number of ether oxygens (including phenoxy) is 1. The molecule has 27 heavy (non-hydrogen) atoms. The van der Waals surface area contributed by atoms with Gasteiger partial charge >= 0.3 is 0 Å². The van der Waals surface area contributed by atoms with E-state index in [0.29, 0.717) is 17.5 Å². The smallest absolute Gasteiger partial charge is 0.209 e. The number of aromatic nitrogens is 1. The van der Waals surface area contributed by atoms with Gasteiger partial charge in [0.1, 0.15) is 5.75 Å². The van der Waals surface area contributed by atoms with Crippen molar-refractivity contribution in [2.24, 2.45) is 4.99 Å². The fourth-order valence-corrected chi connectivity index (χ4v) is 2.64. The van der Waals surface area contributed by atoms with Crippen LogP contribution >= 0.6 is 11.6 Å². The van der Waals surface area contributed by atoms with E-state index in [1.165, 1.54) is 0 Å². The van der Waals surface area contributed by atoms with E-state index in [1.807, 2.05) is 42.6 Å². The number of nitrogens with one attached hydrogen (secondary N) is 2. The first-order valence-electron chi connectivity index (χ1n) is 8.97. The van der Waals surface area contributed by atoms with Crippen LogP contribution in [0.25, 0.3) is 0 Å². The highest BCUT2D eigenvalue weighted by molar-refractivity contribution is 6.32. The molecule has 0 spiro atoms. The predicted octanol–water partition coefficient (Wildman–Crippen LogP) is 4.60. The highest BCUT2D eigenvalue weighted by Crippen LogP contribution is 2.25. The Morgan fingerprint density at radius 3 is 2.74 bits per heavy atom. The first-order chi connectivity index (χ1) is 13.2. The second-order valence-corrected chi connectivity index (χ2v) is 6.44. The molecule has 142 valence electrons. The lowest BCUT2D eigenvalue weighted by atomic mass is 10.1. The number of rotatable bonds is 9. The summed E-state index contributed by atoms with van der Waals surface area (Å²) in [6, 6.07) is 11.1. The number of benzene rings is 1. The van der Waals surface area contributed by atoms with E-state index >= 15 is 0 Å². The van der Waals surface area contributed by atoms with E-state index in [-0.39, 0.29) is 6.10 Å². The number of hydrogen-bond donors (Lipinski definition) is 2. The Bertz CT molecular complexity index is 760. The van der Waals surface area contributed by atoms with Crippen molar-refractivity contribution in [3.63, 3.8) is 0 Å². The van der Waals surface area contributed by atoms with Crippen LogP contribution in [0.3, 0.4) is 0 Å². The molecule has 0 aliphatic heterocycles. The van der Waals surface area contributed by atoms with Crippen LogP contribution in [-0.4, -0.2) is 23.6 Å². The number of hydrogen-bond acceptors (Lipinski definition) is 4. The Hall–Kier alpha value is -2.78.